The Bertz CT molecular complexity index is 1830. The molecule has 0 aromatic heterocycles. The molecule has 6 amide bonds. The number of nitrogens with two attached hydrogens (primary N) is 5. The van der Waals surface area contributed by atoms with Gasteiger partial charge in [0.1, 0.15) is 30.2 Å². The van der Waals surface area contributed by atoms with Crippen LogP contribution in [0, 0.1) is 5.41 Å². The van der Waals surface area contributed by atoms with Gasteiger partial charge in [-0.25, -0.2) is 4.79 Å². The molecule has 2 aromatic rings. The predicted molar refractivity (Wildman–Crippen MR) is 233 cm³/mol. The molecule has 63 heavy (non-hydrogen) atoms. The van der Waals surface area contributed by atoms with Gasteiger partial charge >= 0.3 is 5.97 Å². The van der Waals surface area contributed by atoms with Gasteiger partial charge in [-0.2, -0.15) is 0 Å². The fraction of sp³-hybridized carbons (Fsp3) is 0.524. The molecule has 2 rings (SSSR count). The minimum Gasteiger partial charge on any atom is -0.480 e. The number of aliphatic hydroxyl groups excluding tert-OH is 1. The van der Waals surface area contributed by atoms with Crippen molar-refractivity contribution in [2.24, 2.45) is 34.1 Å². The Hall–Kier alpha value is -5.84. The lowest BCUT2D eigenvalue weighted by Gasteiger charge is -2.31. The van der Waals surface area contributed by atoms with Crippen molar-refractivity contribution in [3.05, 3.63) is 71.8 Å². The number of carbonyl (C=O) groups excluding carboxylic acids is 7. The average Bonchev–Trinajstić information content (AvgIpc) is 3.24. The minimum absolute atomic E-state index is 0.0211. The normalized spacial score (nSPS) is 15.1. The van der Waals surface area contributed by atoms with Crippen LogP contribution < -0.4 is 60.6 Å². The number of hydrogen-bond acceptors (Lipinski definition) is 14. The van der Waals surface area contributed by atoms with Crippen LogP contribution in [0.5, 0.6) is 0 Å². The number of ketones is 1. The number of aliphatic carboxylic acids is 1. The van der Waals surface area contributed by atoms with E-state index < -0.39 is 95.2 Å². The molecule has 0 bridgehead atoms. The number of aliphatic hydroxyl groups is 1. The Morgan fingerprint density at radius 2 is 0.937 bits per heavy atom. The second-order valence-corrected chi connectivity index (χ2v) is 15.8. The zero-order valence-electron chi connectivity index (χ0n) is 36.0. The Morgan fingerprint density at radius 3 is 1.38 bits per heavy atom. The lowest BCUT2D eigenvalue weighted by molar-refractivity contribution is -0.145. The van der Waals surface area contributed by atoms with Crippen molar-refractivity contribution in [2.45, 2.75) is 108 Å². The molecule has 0 aliphatic heterocycles. The predicted octanol–water partition coefficient (Wildman–Crippen LogP) is -3.38. The fourth-order valence-corrected chi connectivity index (χ4v) is 6.48. The third-order valence-electron chi connectivity index (χ3n) is 10.0. The highest BCUT2D eigenvalue weighted by Gasteiger charge is 2.39. The maximum absolute atomic E-state index is 14.4. The van der Waals surface area contributed by atoms with Crippen LogP contribution in [-0.2, 0) is 40.0 Å². The quantitative estimate of drug-likeness (QED) is 0.0371. The molecule has 348 valence electrons. The van der Waals surface area contributed by atoms with E-state index >= 15 is 0 Å². The van der Waals surface area contributed by atoms with Gasteiger partial charge in [-0.3, -0.25) is 33.6 Å². The highest BCUT2D eigenvalue weighted by molar-refractivity contribution is 6.01. The summed E-state index contributed by atoms with van der Waals surface area (Å²) in [6.45, 7) is 4.13. The number of benzene rings is 2. The summed E-state index contributed by atoms with van der Waals surface area (Å²) in [5, 5.41) is 34.4. The molecule has 18 N–H and O–H groups in total. The van der Waals surface area contributed by atoms with Crippen LogP contribution in [-0.4, -0.2) is 132 Å². The number of carboxylic acids is 1. The molecule has 0 fully saturated rings. The molecular formula is C42H65N11O10. The van der Waals surface area contributed by atoms with E-state index in [1.165, 1.54) is 0 Å². The van der Waals surface area contributed by atoms with Gasteiger partial charge in [0.15, 0.2) is 11.8 Å². The fourth-order valence-electron chi connectivity index (χ4n) is 6.48. The summed E-state index contributed by atoms with van der Waals surface area (Å²) in [5.74, 6) is -7.01. The molecule has 21 heteroatoms. The van der Waals surface area contributed by atoms with E-state index in [0.717, 1.165) is 6.92 Å². The monoisotopic (exact) mass is 883 g/mol. The van der Waals surface area contributed by atoms with Crippen LogP contribution in [0.3, 0.4) is 0 Å². The van der Waals surface area contributed by atoms with Crippen molar-refractivity contribution in [3.63, 3.8) is 0 Å². The zero-order chi connectivity index (χ0) is 47.3. The SMILES string of the molecule is C[C@@H](O)[C@H](NC(=O)[C@H](CCN)NC(=O)[C@H](CCN)NC(=O)[C@H](CC(C)(C)C(=O)c1ccccc1)NC(=O)[C@@H](Cc1ccccc1)NC(=O)[C@H](CCN)NC(=O)[C@@H](N)CCN)C(=O)O. The van der Waals surface area contributed by atoms with Crippen molar-refractivity contribution in [2.75, 3.05) is 26.2 Å². The van der Waals surface area contributed by atoms with Crippen molar-refractivity contribution in [1.29, 1.82) is 0 Å². The number of nitrogens with one attached hydrogen (secondary N) is 6. The van der Waals surface area contributed by atoms with Crippen molar-refractivity contribution in [3.8, 4) is 0 Å². The maximum atomic E-state index is 14.4. The molecule has 0 spiro atoms. The topological polar surface area (TPSA) is 379 Å². The minimum atomic E-state index is -1.71. The summed E-state index contributed by atoms with van der Waals surface area (Å²) in [6, 6.07) is 7.20. The molecule has 8 atom stereocenters. The maximum Gasteiger partial charge on any atom is 0.328 e. The van der Waals surface area contributed by atoms with E-state index in [9.17, 15) is 48.6 Å². The van der Waals surface area contributed by atoms with Gasteiger partial charge in [-0.1, -0.05) is 74.5 Å². The first-order valence-electron chi connectivity index (χ1n) is 20.7. The molecule has 0 saturated carbocycles. The molecule has 0 unspecified atom stereocenters. The lowest BCUT2D eigenvalue weighted by atomic mass is 9.78. The first kappa shape index (κ1) is 53.3. The Labute approximate surface area is 366 Å². The molecule has 0 saturated heterocycles. The van der Waals surface area contributed by atoms with Crippen LogP contribution in [0.4, 0.5) is 0 Å². The van der Waals surface area contributed by atoms with Gasteiger partial charge in [0.05, 0.1) is 12.1 Å². The third-order valence-corrected chi connectivity index (χ3v) is 10.0. The lowest BCUT2D eigenvalue weighted by Crippen LogP contribution is -2.61. The molecule has 0 aliphatic rings. The van der Waals surface area contributed by atoms with Crippen LogP contribution in [0.25, 0.3) is 0 Å². The third kappa shape index (κ3) is 17.5. The van der Waals surface area contributed by atoms with E-state index in [1.54, 1.807) is 74.5 Å². The van der Waals surface area contributed by atoms with Crippen LogP contribution in [0.15, 0.2) is 60.7 Å². The molecule has 0 radical (unpaired) electrons. The van der Waals surface area contributed by atoms with Gasteiger partial charge in [0.2, 0.25) is 35.4 Å². The van der Waals surface area contributed by atoms with Gasteiger partial charge < -0.3 is 70.8 Å². The molecular weight excluding hydrogens is 819 g/mol. The largest absolute Gasteiger partial charge is 0.480 e. The Morgan fingerprint density at radius 1 is 0.556 bits per heavy atom. The molecule has 0 aliphatic carbocycles. The molecule has 21 nitrogen and oxygen atoms in total. The van der Waals surface area contributed by atoms with E-state index in [1.807, 2.05) is 0 Å². The van der Waals surface area contributed by atoms with Crippen LogP contribution in [0.2, 0.25) is 0 Å². The second kappa shape index (κ2) is 26.6. The van der Waals surface area contributed by atoms with Gasteiger partial charge in [-0.15, -0.1) is 0 Å². The number of rotatable bonds is 28. The van der Waals surface area contributed by atoms with Gasteiger partial charge in [-0.05, 0) is 70.8 Å². The summed E-state index contributed by atoms with van der Waals surface area (Å²) in [6.07, 6.45) is -2.12. The summed E-state index contributed by atoms with van der Waals surface area (Å²) in [4.78, 5) is 108. The number of carbonyl (C=O) groups is 8. The van der Waals surface area contributed by atoms with E-state index in [4.69, 9.17) is 28.7 Å². The summed E-state index contributed by atoms with van der Waals surface area (Å²) >= 11 is 0. The summed E-state index contributed by atoms with van der Waals surface area (Å²) < 4.78 is 0. The number of amides is 6. The number of carboxylic acid groups (broad SMARTS) is 1. The first-order valence-corrected chi connectivity index (χ1v) is 20.7. The van der Waals surface area contributed by atoms with E-state index in [2.05, 4.69) is 31.9 Å². The van der Waals surface area contributed by atoms with Crippen molar-refractivity contribution in [1.82, 2.24) is 31.9 Å². The smallest absolute Gasteiger partial charge is 0.328 e. The number of Topliss-reactive ketones (excluding diaryl/α,β-unsaturated/α-hetero) is 1. The highest BCUT2D eigenvalue weighted by Crippen LogP contribution is 2.28. The zero-order valence-corrected chi connectivity index (χ0v) is 36.0. The standard InChI is InChI=1S/C42H65N11O10/c1-24(54)33(41(62)63)53-38(59)30(17-21-46)49-36(57)29(16-20-45)50-40(61)32(23-42(2,3)34(55)26-12-8-5-9-13-26)52-39(60)31(22-25-10-6-4-7-11-25)51-37(58)28(15-19-44)48-35(56)27(47)14-18-43/h4-13,24,27-33,54H,14-23,43-47H2,1-3H3,(H,48,56)(H,49,57)(H,50,61)(H,51,58)(H,52,60)(H,53,59)(H,62,63)/t24-,27+,28+,29+,30+,31-,32+,33+/m1/s1. The van der Waals surface area contributed by atoms with Crippen molar-refractivity contribution >= 4 is 47.2 Å². The molecule has 2 aromatic carbocycles. The summed E-state index contributed by atoms with van der Waals surface area (Å²) in [7, 11) is 0. The average molecular weight is 884 g/mol. The second-order valence-electron chi connectivity index (χ2n) is 15.8. The summed E-state index contributed by atoms with van der Waals surface area (Å²) in [5.41, 5.74) is 28.4. The van der Waals surface area contributed by atoms with Crippen molar-refractivity contribution < 1.29 is 48.6 Å². The van der Waals surface area contributed by atoms with Crippen LogP contribution in [0.1, 0.15) is 68.8 Å². The Balaban J connectivity index is 2.54. The Kier molecular flexibility index (Phi) is 22.5. The number of hydrogen-bond donors (Lipinski definition) is 13. The highest BCUT2D eigenvalue weighted by atomic mass is 16.4. The van der Waals surface area contributed by atoms with Gasteiger partial charge in [0, 0.05) is 17.4 Å². The van der Waals surface area contributed by atoms with Crippen LogP contribution >= 0.6 is 0 Å². The molecule has 0 heterocycles. The van der Waals surface area contributed by atoms with E-state index in [-0.39, 0.29) is 70.5 Å². The van der Waals surface area contributed by atoms with Gasteiger partial charge in [0.25, 0.3) is 0 Å². The van der Waals surface area contributed by atoms with E-state index in [0.29, 0.717) is 11.1 Å². The first-order chi connectivity index (χ1) is 29.8.